The fourth-order valence-corrected chi connectivity index (χ4v) is 3.28. The van der Waals surface area contributed by atoms with Gasteiger partial charge in [0.15, 0.2) is 4.34 Å². The molecule has 1 aliphatic carbocycles. The van der Waals surface area contributed by atoms with Crippen LogP contribution < -0.4 is 0 Å². The van der Waals surface area contributed by atoms with E-state index < -0.39 is 0 Å². The van der Waals surface area contributed by atoms with Crippen molar-refractivity contribution < 1.29 is 5.11 Å². The van der Waals surface area contributed by atoms with Gasteiger partial charge in [-0.2, -0.15) is 4.37 Å². The maximum atomic E-state index is 9.52. The van der Waals surface area contributed by atoms with Crippen LogP contribution in [0, 0.1) is 0 Å². The summed E-state index contributed by atoms with van der Waals surface area (Å²) in [6.45, 7) is 0. The average Bonchev–Trinajstić information content (AvgIpc) is 2.65. The molecule has 66 valence electrons. The number of aliphatic hydroxyl groups excluding tert-OH is 1. The molecule has 1 aliphatic rings. The number of aliphatic hydroxyl groups is 1. The van der Waals surface area contributed by atoms with Gasteiger partial charge in [-0.3, -0.25) is 0 Å². The van der Waals surface area contributed by atoms with Crippen LogP contribution in [-0.2, 0) is 0 Å². The van der Waals surface area contributed by atoms with E-state index in [1.807, 2.05) is 0 Å². The molecule has 1 aromatic rings. The monoisotopic (exact) mass is 202 g/mol. The molecule has 1 N–H and O–H groups in total. The minimum Gasteiger partial charge on any atom is -0.392 e. The first-order chi connectivity index (χ1) is 5.86. The lowest BCUT2D eigenvalue weighted by atomic mass is 10.3. The lowest BCUT2D eigenvalue weighted by Gasteiger charge is -2.10. The van der Waals surface area contributed by atoms with Gasteiger partial charge in [-0.25, -0.2) is 4.98 Å². The standard InChI is InChI=1S/C7H10N2OS2/c10-5-2-1-3-6(5)11-7-8-4-9-12-7/h4-6,10H,1-3H2/t5-,6-/m0/s1. The normalized spacial score (nSPS) is 29.4. The molecule has 1 fully saturated rings. The van der Waals surface area contributed by atoms with E-state index in [4.69, 9.17) is 0 Å². The molecule has 0 aromatic carbocycles. The molecule has 2 rings (SSSR count). The summed E-state index contributed by atoms with van der Waals surface area (Å²) in [7, 11) is 0. The third-order valence-corrected chi connectivity index (χ3v) is 4.14. The van der Waals surface area contributed by atoms with Crippen molar-refractivity contribution in [3.8, 4) is 0 Å². The number of hydrogen-bond donors (Lipinski definition) is 1. The van der Waals surface area contributed by atoms with Crippen molar-refractivity contribution in [2.24, 2.45) is 0 Å². The smallest absolute Gasteiger partial charge is 0.170 e. The van der Waals surface area contributed by atoms with E-state index in [0.717, 1.165) is 23.6 Å². The van der Waals surface area contributed by atoms with Crippen molar-refractivity contribution in [3.63, 3.8) is 0 Å². The minimum absolute atomic E-state index is 0.140. The molecule has 0 spiro atoms. The van der Waals surface area contributed by atoms with Crippen LogP contribution in [0.4, 0.5) is 0 Å². The van der Waals surface area contributed by atoms with Crippen molar-refractivity contribution >= 4 is 23.3 Å². The zero-order chi connectivity index (χ0) is 8.39. The molecular weight excluding hydrogens is 192 g/mol. The maximum Gasteiger partial charge on any atom is 0.170 e. The van der Waals surface area contributed by atoms with Crippen LogP contribution in [0.2, 0.25) is 0 Å². The second kappa shape index (κ2) is 3.72. The third-order valence-electron chi connectivity index (χ3n) is 2.01. The van der Waals surface area contributed by atoms with Crippen molar-refractivity contribution in [1.29, 1.82) is 0 Å². The average molecular weight is 202 g/mol. The summed E-state index contributed by atoms with van der Waals surface area (Å²) in [5.74, 6) is 0. The summed E-state index contributed by atoms with van der Waals surface area (Å²) in [6, 6.07) is 0. The van der Waals surface area contributed by atoms with Crippen LogP contribution >= 0.6 is 23.3 Å². The molecule has 1 heterocycles. The minimum atomic E-state index is -0.140. The van der Waals surface area contributed by atoms with Gasteiger partial charge < -0.3 is 5.11 Å². The Bertz CT molecular complexity index is 240. The SMILES string of the molecule is O[C@H]1CCC[C@@H]1Sc1ncns1. The molecule has 1 saturated carbocycles. The van der Waals surface area contributed by atoms with E-state index in [0.29, 0.717) is 5.25 Å². The van der Waals surface area contributed by atoms with Crippen LogP contribution in [0.5, 0.6) is 0 Å². The van der Waals surface area contributed by atoms with Gasteiger partial charge >= 0.3 is 0 Å². The Kier molecular flexibility index (Phi) is 2.63. The fraction of sp³-hybridized carbons (Fsp3) is 0.714. The van der Waals surface area contributed by atoms with Gasteiger partial charge in [0, 0.05) is 5.25 Å². The van der Waals surface area contributed by atoms with Gasteiger partial charge in [-0.05, 0) is 30.8 Å². The molecule has 5 heteroatoms. The summed E-state index contributed by atoms with van der Waals surface area (Å²) < 4.78 is 4.89. The Morgan fingerprint density at radius 3 is 3.08 bits per heavy atom. The van der Waals surface area contributed by atoms with Crippen molar-refractivity contribution in [2.45, 2.75) is 35.0 Å². The summed E-state index contributed by atoms with van der Waals surface area (Å²) in [5, 5.41) is 9.87. The van der Waals surface area contributed by atoms with Crippen LogP contribution in [0.1, 0.15) is 19.3 Å². The van der Waals surface area contributed by atoms with E-state index in [1.165, 1.54) is 11.5 Å². The summed E-state index contributed by atoms with van der Waals surface area (Å²) in [5.41, 5.74) is 0. The molecule has 2 atom stereocenters. The molecule has 12 heavy (non-hydrogen) atoms. The number of nitrogens with zero attached hydrogens (tertiary/aromatic N) is 2. The number of hydrogen-bond acceptors (Lipinski definition) is 5. The van der Waals surface area contributed by atoms with Gasteiger partial charge in [0.05, 0.1) is 6.10 Å². The quantitative estimate of drug-likeness (QED) is 0.790. The molecule has 0 saturated heterocycles. The highest BCUT2D eigenvalue weighted by Crippen LogP contribution is 2.34. The topological polar surface area (TPSA) is 46.0 Å². The van der Waals surface area contributed by atoms with Crippen LogP contribution in [0.15, 0.2) is 10.7 Å². The van der Waals surface area contributed by atoms with Gasteiger partial charge in [0.1, 0.15) is 6.33 Å². The molecule has 0 unspecified atom stereocenters. The Hall–Kier alpha value is -0.130. The molecule has 0 bridgehead atoms. The first kappa shape index (κ1) is 8.47. The highest BCUT2D eigenvalue weighted by Gasteiger charge is 2.26. The predicted molar refractivity (Wildman–Crippen MR) is 49.4 cm³/mol. The highest BCUT2D eigenvalue weighted by atomic mass is 32.2. The van der Waals surface area contributed by atoms with Gasteiger partial charge in [0.25, 0.3) is 0 Å². The fourth-order valence-electron chi connectivity index (χ4n) is 1.39. The lowest BCUT2D eigenvalue weighted by Crippen LogP contribution is -2.14. The van der Waals surface area contributed by atoms with Crippen LogP contribution in [0.25, 0.3) is 0 Å². The zero-order valence-electron chi connectivity index (χ0n) is 6.51. The maximum absolute atomic E-state index is 9.52. The largest absolute Gasteiger partial charge is 0.392 e. The van der Waals surface area contributed by atoms with Crippen molar-refractivity contribution in [1.82, 2.24) is 9.36 Å². The first-order valence-corrected chi connectivity index (χ1v) is 5.63. The Morgan fingerprint density at radius 2 is 2.50 bits per heavy atom. The predicted octanol–water partition coefficient (Wildman–Crippen LogP) is 1.54. The van der Waals surface area contributed by atoms with E-state index in [2.05, 4.69) is 9.36 Å². The highest BCUT2D eigenvalue weighted by molar-refractivity contribution is 8.01. The number of rotatable bonds is 2. The summed E-state index contributed by atoms with van der Waals surface area (Å²) >= 11 is 3.06. The second-order valence-electron chi connectivity index (χ2n) is 2.86. The molecule has 1 aromatic heterocycles. The molecule has 3 nitrogen and oxygen atoms in total. The molecular formula is C7H10N2OS2. The Balaban J connectivity index is 1.95. The van der Waals surface area contributed by atoms with Crippen LogP contribution in [-0.4, -0.2) is 25.8 Å². The molecule has 0 amide bonds. The number of thioether (sulfide) groups is 1. The molecule has 0 aliphatic heterocycles. The van der Waals surface area contributed by atoms with Gasteiger partial charge in [-0.15, -0.1) is 0 Å². The third kappa shape index (κ3) is 1.78. The summed E-state index contributed by atoms with van der Waals surface area (Å²) in [4.78, 5) is 4.07. The molecule has 0 radical (unpaired) electrons. The second-order valence-corrected chi connectivity index (χ2v) is 5.13. The zero-order valence-corrected chi connectivity index (χ0v) is 8.14. The summed E-state index contributed by atoms with van der Waals surface area (Å²) in [6.07, 6.45) is 4.60. The van der Waals surface area contributed by atoms with E-state index in [9.17, 15) is 5.11 Å². The Labute approximate surface area is 79.4 Å². The van der Waals surface area contributed by atoms with E-state index in [1.54, 1.807) is 18.1 Å². The van der Waals surface area contributed by atoms with Gasteiger partial charge in [-0.1, -0.05) is 11.8 Å². The van der Waals surface area contributed by atoms with Crippen molar-refractivity contribution in [3.05, 3.63) is 6.33 Å². The number of aromatic nitrogens is 2. The van der Waals surface area contributed by atoms with Gasteiger partial charge in [0.2, 0.25) is 0 Å². The Morgan fingerprint density at radius 1 is 1.58 bits per heavy atom. The van der Waals surface area contributed by atoms with E-state index in [-0.39, 0.29) is 6.10 Å². The first-order valence-electron chi connectivity index (χ1n) is 3.97. The van der Waals surface area contributed by atoms with E-state index >= 15 is 0 Å². The van der Waals surface area contributed by atoms with Crippen LogP contribution in [0.3, 0.4) is 0 Å². The van der Waals surface area contributed by atoms with Crippen molar-refractivity contribution in [2.75, 3.05) is 0 Å². The lowest BCUT2D eigenvalue weighted by molar-refractivity contribution is 0.188.